The van der Waals surface area contributed by atoms with Gasteiger partial charge in [0.05, 0.1) is 21.7 Å². The Bertz CT molecular complexity index is 615. The molecule has 21 heavy (non-hydrogen) atoms. The number of nitro benzene ring substituents is 1. The summed E-state index contributed by atoms with van der Waals surface area (Å²) in [6.45, 7) is 5.14. The second-order valence-corrected chi connectivity index (χ2v) is 7.44. The summed E-state index contributed by atoms with van der Waals surface area (Å²) in [5, 5.41) is 10.9. The van der Waals surface area contributed by atoms with Gasteiger partial charge in [-0.1, -0.05) is 6.92 Å². The Morgan fingerprint density at radius 3 is 2.43 bits per heavy atom. The molecule has 0 aliphatic carbocycles. The van der Waals surface area contributed by atoms with Gasteiger partial charge in [-0.3, -0.25) is 10.1 Å². The molecular weight excluding hydrogens is 318 g/mol. The third kappa shape index (κ3) is 4.86. The minimum absolute atomic E-state index is 0.000664. The SMILES string of the molecule is CC(CCl)CS(=O)(=O)c1ccc([N+](=O)[O-])c(OC(C)C)c1. The van der Waals surface area contributed by atoms with Gasteiger partial charge in [0, 0.05) is 18.0 Å². The fourth-order valence-electron chi connectivity index (χ4n) is 1.70. The fraction of sp³-hybridized carbons (Fsp3) is 0.538. The molecule has 0 bridgehead atoms. The quantitative estimate of drug-likeness (QED) is 0.434. The van der Waals surface area contributed by atoms with E-state index in [1.54, 1.807) is 20.8 Å². The highest BCUT2D eigenvalue weighted by atomic mass is 35.5. The van der Waals surface area contributed by atoms with E-state index in [1.807, 2.05) is 0 Å². The van der Waals surface area contributed by atoms with Crippen LogP contribution in [0.15, 0.2) is 23.1 Å². The number of nitrogens with zero attached hydrogens (tertiary/aromatic N) is 1. The van der Waals surface area contributed by atoms with Crippen molar-refractivity contribution in [2.24, 2.45) is 5.92 Å². The van der Waals surface area contributed by atoms with Crippen LogP contribution >= 0.6 is 11.6 Å². The molecule has 6 nitrogen and oxygen atoms in total. The first-order valence-electron chi connectivity index (χ1n) is 6.41. The number of benzene rings is 1. The van der Waals surface area contributed by atoms with Crippen molar-refractivity contribution in [3.05, 3.63) is 28.3 Å². The average molecular weight is 336 g/mol. The third-order valence-corrected chi connectivity index (χ3v) is 5.12. The lowest BCUT2D eigenvalue weighted by Crippen LogP contribution is -2.16. The maximum Gasteiger partial charge on any atom is 0.311 e. The molecule has 0 heterocycles. The fourth-order valence-corrected chi connectivity index (χ4v) is 3.56. The van der Waals surface area contributed by atoms with E-state index in [0.717, 1.165) is 6.07 Å². The van der Waals surface area contributed by atoms with E-state index in [9.17, 15) is 18.5 Å². The second-order valence-electron chi connectivity index (χ2n) is 5.09. The molecule has 1 unspecified atom stereocenters. The molecule has 8 heteroatoms. The van der Waals surface area contributed by atoms with Crippen LogP contribution in [0.5, 0.6) is 5.75 Å². The standard InChI is InChI=1S/C13H18ClNO5S/c1-9(2)20-13-6-11(4-5-12(13)15(16)17)21(18,19)8-10(3)7-14/h4-6,9-10H,7-8H2,1-3H3. The van der Waals surface area contributed by atoms with Gasteiger partial charge in [0.1, 0.15) is 0 Å². The summed E-state index contributed by atoms with van der Waals surface area (Å²) < 4.78 is 29.8. The molecule has 0 amide bonds. The first-order valence-corrected chi connectivity index (χ1v) is 8.60. The topological polar surface area (TPSA) is 86.5 Å². The molecular formula is C13H18ClNO5S. The molecule has 0 aromatic heterocycles. The highest BCUT2D eigenvalue weighted by Gasteiger charge is 2.23. The van der Waals surface area contributed by atoms with Gasteiger partial charge in [0.2, 0.25) is 0 Å². The van der Waals surface area contributed by atoms with E-state index in [-0.39, 0.29) is 40.0 Å². The van der Waals surface area contributed by atoms with E-state index >= 15 is 0 Å². The van der Waals surface area contributed by atoms with Crippen molar-refractivity contribution in [1.82, 2.24) is 0 Å². The zero-order valence-corrected chi connectivity index (χ0v) is 13.6. The number of rotatable bonds is 7. The van der Waals surface area contributed by atoms with Crippen LogP contribution in [0.3, 0.4) is 0 Å². The van der Waals surface area contributed by atoms with Crippen LogP contribution < -0.4 is 4.74 Å². The number of nitro groups is 1. The molecule has 1 atom stereocenters. The predicted octanol–water partition coefficient (Wildman–Crippen LogP) is 3.03. The number of halogens is 1. The van der Waals surface area contributed by atoms with Gasteiger partial charge in [-0.15, -0.1) is 11.6 Å². The van der Waals surface area contributed by atoms with Crippen LogP contribution in [0.4, 0.5) is 5.69 Å². The summed E-state index contributed by atoms with van der Waals surface area (Å²) in [5.41, 5.74) is -0.256. The van der Waals surface area contributed by atoms with E-state index in [1.165, 1.54) is 12.1 Å². The lowest BCUT2D eigenvalue weighted by molar-refractivity contribution is -0.386. The van der Waals surface area contributed by atoms with Gasteiger partial charge in [-0.05, 0) is 25.8 Å². The van der Waals surface area contributed by atoms with Crippen molar-refractivity contribution in [2.75, 3.05) is 11.6 Å². The Morgan fingerprint density at radius 2 is 1.95 bits per heavy atom. The summed E-state index contributed by atoms with van der Waals surface area (Å²) in [6, 6.07) is 3.58. The summed E-state index contributed by atoms with van der Waals surface area (Å²) in [6.07, 6.45) is -0.302. The first-order chi connectivity index (χ1) is 9.67. The molecule has 1 aromatic carbocycles. The Balaban J connectivity index is 3.24. The Morgan fingerprint density at radius 1 is 1.33 bits per heavy atom. The zero-order valence-electron chi connectivity index (χ0n) is 12.1. The number of alkyl halides is 1. The maximum atomic E-state index is 12.2. The van der Waals surface area contributed by atoms with Crippen molar-refractivity contribution in [1.29, 1.82) is 0 Å². The number of sulfone groups is 1. The zero-order chi connectivity index (χ0) is 16.2. The number of hydrogen-bond donors (Lipinski definition) is 0. The van der Waals surface area contributed by atoms with E-state index in [2.05, 4.69) is 0 Å². The molecule has 0 radical (unpaired) electrons. The maximum absolute atomic E-state index is 12.2. The van der Waals surface area contributed by atoms with Crippen LogP contribution in [0, 0.1) is 16.0 Å². The number of hydrogen-bond acceptors (Lipinski definition) is 5. The molecule has 1 rings (SSSR count). The summed E-state index contributed by atoms with van der Waals surface area (Å²) in [7, 11) is -3.56. The van der Waals surface area contributed by atoms with Gasteiger partial charge in [0.15, 0.2) is 15.6 Å². The van der Waals surface area contributed by atoms with Gasteiger partial charge >= 0.3 is 5.69 Å². The average Bonchev–Trinajstić information content (AvgIpc) is 2.36. The Hall–Kier alpha value is -1.34. The van der Waals surface area contributed by atoms with Gasteiger partial charge < -0.3 is 4.74 Å². The lowest BCUT2D eigenvalue weighted by atomic mass is 10.3. The third-order valence-electron chi connectivity index (χ3n) is 2.62. The van der Waals surface area contributed by atoms with E-state index in [0.29, 0.717) is 0 Å². The monoisotopic (exact) mass is 335 g/mol. The molecule has 0 aliphatic heterocycles. The van der Waals surface area contributed by atoms with E-state index < -0.39 is 14.8 Å². The summed E-state index contributed by atoms with van der Waals surface area (Å²) in [4.78, 5) is 10.3. The van der Waals surface area contributed by atoms with Crippen LogP contribution in [0.2, 0.25) is 0 Å². The molecule has 118 valence electrons. The Kier molecular flexibility index (Phi) is 5.98. The number of ether oxygens (including phenoxy) is 1. The van der Waals surface area contributed by atoms with Crippen molar-refractivity contribution >= 4 is 27.1 Å². The molecule has 0 fully saturated rings. The van der Waals surface area contributed by atoms with Gasteiger partial charge in [-0.25, -0.2) is 8.42 Å². The first kappa shape index (κ1) is 17.7. The van der Waals surface area contributed by atoms with Gasteiger partial charge in [-0.2, -0.15) is 0 Å². The molecule has 0 N–H and O–H groups in total. The molecule has 0 saturated heterocycles. The lowest BCUT2D eigenvalue weighted by Gasteiger charge is -2.13. The van der Waals surface area contributed by atoms with Crippen LogP contribution in [0.25, 0.3) is 0 Å². The highest BCUT2D eigenvalue weighted by molar-refractivity contribution is 7.91. The van der Waals surface area contributed by atoms with E-state index in [4.69, 9.17) is 16.3 Å². The molecule has 0 spiro atoms. The summed E-state index contributed by atoms with van der Waals surface area (Å²) in [5.74, 6) is -0.146. The smallest absolute Gasteiger partial charge is 0.311 e. The summed E-state index contributed by atoms with van der Waals surface area (Å²) >= 11 is 5.63. The largest absolute Gasteiger partial charge is 0.484 e. The minimum Gasteiger partial charge on any atom is -0.484 e. The van der Waals surface area contributed by atoms with Crippen LogP contribution in [-0.4, -0.2) is 31.1 Å². The minimum atomic E-state index is -3.56. The van der Waals surface area contributed by atoms with Crippen molar-refractivity contribution in [3.63, 3.8) is 0 Å². The van der Waals surface area contributed by atoms with Crippen molar-refractivity contribution in [2.45, 2.75) is 31.8 Å². The van der Waals surface area contributed by atoms with Crippen molar-refractivity contribution in [3.8, 4) is 5.75 Å². The normalized spacial score (nSPS) is 13.2. The van der Waals surface area contributed by atoms with Crippen LogP contribution in [-0.2, 0) is 9.84 Å². The van der Waals surface area contributed by atoms with Crippen molar-refractivity contribution < 1.29 is 18.1 Å². The predicted molar refractivity (Wildman–Crippen MR) is 80.8 cm³/mol. The van der Waals surface area contributed by atoms with Crippen LogP contribution in [0.1, 0.15) is 20.8 Å². The molecule has 0 aliphatic rings. The second kappa shape index (κ2) is 7.09. The highest BCUT2D eigenvalue weighted by Crippen LogP contribution is 2.31. The van der Waals surface area contributed by atoms with Gasteiger partial charge in [0.25, 0.3) is 0 Å². The molecule has 1 aromatic rings. The Labute approximate surface area is 129 Å². The molecule has 0 saturated carbocycles.